The molecule has 6 rings (SSSR count). The number of hydrogen-bond acceptors (Lipinski definition) is 20. The summed E-state index contributed by atoms with van der Waals surface area (Å²) in [5.74, 6) is -8.40. The number of ketones is 1. The molecule has 3 heterocycles. The number of hydrazone groups is 3. The van der Waals surface area contributed by atoms with Crippen molar-refractivity contribution in [1.82, 2.24) is 61.3 Å². The number of amides is 4. The predicted molar refractivity (Wildman–Crippen MR) is 337 cm³/mol. The monoisotopic (exact) mass is 1270 g/mol. The number of pyridine rings is 1. The average Bonchev–Trinajstić information content (AvgIpc) is 1.89. The molecule has 0 radical (unpaired) electrons. The van der Waals surface area contributed by atoms with E-state index in [9.17, 15) is 62.5 Å². The Kier molecular flexibility index (Phi) is 30.0. The van der Waals surface area contributed by atoms with Crippen molar-refractivity contribution in [2.75, 3.05) is 131 Å². The number of halogens is 2. The molecule has 2 aromatic carbocycles. The van der Waals surface area contributed by atoms with E-state index in [4.69, 9.17) is 4.74 Å². The highest BCUT2D eigenvalue weighted by Gasteiger charge is 2.47. The number of aryl methyl sites for hydroxylation is 1. The highest BCUT2D eigenvalue weighted by molar-refractivity contribution is 6.07. The van der Waals surface area contributed by atoms with Crippen molar-refractivity contribution >= 4 is 76.9 Å². The summed E-state index contributed by atoms with van der Waals surface area (Å²) in [7, 11) is 0. The number of carboxylic acid groups (broad SMARTS) is 3. The zero-order chi connectivity index (χ0) is 65.5. The lowest BCUT2D eigenvalue weighted by atomic mass is 9.93. The predicted octanol–water partition coefficient (Wildman–Crippen LogP) is 2.39. The van der Waals surface area contributed by atoms with E-state index in [2.05, 4.69) is 52.1 Å². The molecule has 4 amide bonds. The molecule has 3 fully saturated rings. The van der Waals surface area contributed by atoms with Crippen LogP contribution in [0.2, 0.25) is 0 Å². The Morgan fingerprint density at radius 3 is 1.91 bits per heavy atom. The van der Waals surface area contributed by atoms with Gasteiger partial charge in [-0.25, -0.2) is 14.2 Å². The van der Waals surface area contributed by atoms with Crippen molar-refractivity contribution in [2.45, 2.75) is 90.0 Å². The van der Waals surface area contributed by atoms with Gasteiger partial charge in [-0.2, -0.15) is 15.3 Å². The molecule has 29 heteroatoms. The summed E-state index contributed by atoms with van der Waals surface area (Å²) in [6.07, 6.45) is 9.31. The second-order valence-corrected chi connectivity index (χ2v) is 23.4. The number of benzene rings is 2. The summed E-state index contributed by atoms with van der Waals surface area (Å²) in [5.41, 5.74) is 11.1. The third kappa shape index (κ3) is 27.1. The van der Waals surface area contributed by atoms with Crippen LogP contribution in [0.1, 0.15) is 92.6 Å². The van der Waals surface area contributed by atoms with Crippen LogP contribution < -0.4 is 31.6 Å². The summed E-state index contributed by atoms with van der Waals surface area (Å²) in [6, 6.07) is 13.9. The second kappa shape index (κ2) is 37.9. The van der Waals surface area contributed by atoms with Gasteiger partial charge >= 0.3 is 17.9 Å². The fraction of sp³-hybridized carbons (Fsp3) is 0.581. The van der Waals surface area contributed by atoms with Crippen molar-refractivity contribution in [3.8, 4) is 5.75 Å². The maximum atomic E-state index is 13.9. The molecule has 2 aliphatic heterocycles. The SMILES string of the molecule is Cc1ccc(/C=N/NCN/N=C/CC(/C=N\NC(=O)CCCCCC(=O)N2CCN(CCCCOc3ccc4nccc(C(=O)NCC(=O)C5CC(F)(F)C[C@@H]5C)c4c3)CC2)NC(=O)CN2CCN(CC(=O)O)CCN(CC(=O)O)CCN(CC(=O)O)CC2)cc1. The Morgan fingerprint density at radius 2 is 1.30 bits per heavy atom. The molecular weight excluding hydrogens is 1180 g/mol. The van der Waals surface area contributed by atoms with E-state index in [0.29, 0.717) is 67.6 Å². The van der Waals surface area contributed by atoms with Crippen LogP contribution in [0.15, 0.2) is 70.0 Å². The van der Waals surface area contributed by atoms with Gasteiger partial charge in [-0.15, -0.1) is 0 Å². The molecule has 2 saturated heterocycles. The number of rotatable bonds is 34. The van der Waals surface area contributed by atoms with Gasteiger partial charge in [-0.05, 0) is 74.9 Å². The quantitative estimate of drug-likeness (QED) is 0.0184. The maximum absolute atomic E-state index is 13.9. The lowest BCUT2D eigenvalue weighted by Gasteiger charge is -2.34. The first-order valence-electron chi connectivity index (χ1n) is 31.1. The first-order chi connectivity index (χ1) is 43.7. The Morgan fingerprint density at radius 1 is 0.692 bits per heavy atom. The molecule has 3 atom stereocenters. The second-order valence-electron chi connectivity index (χ2n) is 23.4. The highest BCUT2D eigenvalue weighted by Crippen LogP contribution is 2.43. The smallest absolute Gasteiger partial charge is 0.317 e. The number of aromatic nitrogens is 1. The number of nitrogens with zero attached hydrogens (tertiary/aromatic N) is 10. The number of hydrogen-bond donors (Lipinski definition) is 8. The number of unbranched alkanes of at least 4 members (excludes halogenated alkanes) is 3. The zero-order valence-electron chi connectivity index (χ0n) is 52.1. The molecule has 91 heavy (non-hydrogen) atoms. The summed E-state index contributed by atoms with van der Waals surface area (Å²) in [4.78, 5) is 116. The van der Waals surface area contributed by atoms with Crippen LogP contribution in [0.5, 0.6) is 5.75 Å². The minimum atomic E-state index is -2.88. The Labute approximate surface area is 529 Å². The van der Waals surface area contributed by atoms with Crippen molar-refractivity contribution < 1.29 is 67.2 Å². The normalized spacial score (nSPS) is 18.8. The first-order valence-corrected chi connectivity index (χ1v) is 31.1. The number of aliphatic carboxylic acids is 3. The van der Waals surface area contributed by atoms with Gasteiger partial charge in [0.1, 0.15) is 12.4 Å². The number of alkyl halides is 2. The van der Waals surface area contributed by atoms with Gasteiger partial charge in [0.05, 0.1) is 62.7 Å². The lowest BCUT2D eigenvalue weighted by molar-refractivity contribution is -0.140. The topological polar surface area (TPSA) is 336 Å². The van der Waals surface area contributed by atoms with Crippen LogP contribution in [-0.4, -0.2) is 259 Å². The zero-order valence-corrected chi connectivity index (χ0v) is 52.1. The molecule has 0 spiro atoms. The number of ether oxygens (including phenoxy) is 1. The van der Waals surface area contributed by atoms with Crippen LogP contribution >= 0.6 is 0 Å². The van der Waals surface area contributed by atoms with Crippen LogP contribution in [0.4, 0.5) is 8.78 Å². The summed E-state index contributed by atoms with van der Waals surface area (Å²) < 4.78 is 33.8. The Balaban J connectivity index is 0.897. The Bertz CT molecular complexity index is 2940. The van der Waals surface area contributed by atoms with Crippen LogP contribution in [0.3, 0.4) is 0 Å². The molecule has 8 N–H and O–H groups in total. The number of piperazine rings is 1. The van der Waals surface area contributed by atoms with E-state index in [0.717, 1.165) is 43.6 Å². The number of Topliss-reactive ketones (excluding diaryl/α,β-unsaturated/α-hetero) is 1. The molecule has 3 aliphatic rings. The third-order valence-corrected chi connectivity index (χ3v) is 16.0. The van der Waals surface area contributed by atoms with Crippen molar-refractivity contribution in [3.05, 3.63) is 71.4 Å². The maximum Gasteiger partial charge on any atom is 0.317 e. The molecular formula is C62H89F2N15O12. The van der Waals surface area contributed by atoms with E-state index in [-0.39, 0.29) is 123 Å². The number of fused-ring (bicyclic) bond motifs is 1. The fourth-order valence-electron chi connectivity index (χ4n) is 11.0. The van der Waals surface area contributed by atoms with E-state index in [1.807, 2.05) is 36.1 Å². The van der Waals surface area contributed by atoms with Gasteiger partial charge in [0, 0.05) is 141 Å². The minimum Gasteiger partial charge on any atom is -0.494 e. The van der Waals surface area contributed by atoms with Crippen molar-refractivity contribution in [3.63, 3.8) is 0 Å². The fourth-order valence-corrected chi connectivity index (χ4v) is 11.0. The molecule has 498 valence electrons. The molecule has 1 aliphatic carbocycles. The number of nitrogens with one attached hydrogen (secondary N) is 5. The van der Waals surface area contributed by atoms with Crippen LogP contribution in [0, 0.1) is 18.8 Å². The Hall–Kier alpha value is -8.12. The molecule has 1 saturated carbocycles. The van der Waals surface area contributed by atoms with E-state index in [1.54, 1.807) is 57.0 Å². The third-order valence-electron chi connectivity index (χ3n) is 16.0. The number of carbonyl (C=O) groups is 8. The molecule has 27 nitrogen and oxygen atoms in total. The van der Waals surface area contributed by atoms with Gasteiger partial charge in [0.25, 0.3) is 5.91 Å². The van der Waals surface area contributed by atoms with E-state index >= 15 is 0 Å². The summed E-state index contributed by atoms with van der Waals surface area (Å²) >= 11 is 0. The average molecular weight is 1270 g/mol. The molecule has 1 aromatic heterocycles. The first kappa shape index (κ1) is 71.9. The van der Waals surface area contributed by atoms with Crippen molar-refractivity contribution in [1.29, 1.82) is 0 Å². The lowest BCUT2D eigenvalue weighted by Crippen LogP contribution is -2.50. The molecule has 0 bridgehead atoms. The van der Waals surface area contributed by atoms with Gasteiger partial charge < -0.3 is 35.6 Å². The summed E-state index contributed by atoms with van der Waals surface area (Å²) in [5, 5.41) is 47.4. The van der Waals surface area contributed by atoms with Gasteiger partial charge in [-0.3, -0.25) is 78.7 Å². The largest absolute Gasteiger partial charge is 0.494 e. The van der Waals surface area contributed by atoms with E-state index in [1.165, 1.54) is 18.6 Å². The minimum absolute atomic E-state index is 0.0667. The van der Waals surface area contributed by atoms with Gasteiger partial charge in [0.2, 0.25) is 23.6 Å². The van der Waals surface area contributed by atoms with E-state index < -0.39 is 65.7 Å². The summed E-state index contributed by atoms with van der Waals surface area (Å²) in [6.45, 7) is 8.26. The standard InChI is InChI=1S/C62H89F2N15O12/c1-45-10-12-47(13-11-45)37-68-71-44-70-67-19-16-48(72-56(82)40-75-21-23-76(41-58(84)85)25-27-78(43-60(88)89)28-26-77(24-22-75)42-59(86)87)38-69-73-55(81)8-4-3-5-9-57(83)79-31-29-74(30-32-79)20-6-7-33-91-49-14-15-53-51(34-49)50(17-18-65-53)61(90)66-39-54(80)52-36-62(63,64)35-46(52)2/h10-15,17-19,34,37-38,46,48,52,70-71H,3-9,16,20-33,35-36,39-44H2,1-2H3,(H,66,90)(H,72,82)(H,73,81)(H,84,85)(H,86,87)(H,88,89)/b67-19+,68-37+,69-38-/t46-,48?,52?/m0/s1. The number of carbonyl (C=O) groups excluding carboxylic acids is 5. The number of carboxylic acids is 3. The van der Waals surface area contributed by atoms with Gasteiger partial charge in [0.15, 0.2) is 5.78 Å². The van der Waals surface area contributed by atoms with Gasteiger partial charge in [-0.1, -0.05) is 43.2 Å². The highest BCUT2D eigenvalue weighted by atomic mass is 19.3. The molecule has 2 unspecified atom stereocenters. The van der Waals surface area contributed by atoms with Crippen molar-refractivity contribution in [2.24, 2.45) is 27.1 Å². The molecule has 3 aromatic rings. The van der Waals surface area contributed by atoms with Crippen LogP contribution in [0.25, 0.3) is 10.9 Å². The van der Waals surface area contributed by atoms with Crippen LogP contribution in [-0.2, 0) is 33.6 Å².